The lowest BCUT2D eigenvalue weighted by Crippen LogP contribution is -2.26. The molecule has 0 radical (unpaired) electrons. The fourth-order valence-corrected chi connectivity index (χ4v) is 2.57. The average Bonchev–Trinajstić information content (AvgIpc) is 2.43. The van der Waals surface area contributed by atoms with Crippen LogP contribution in [-0.2, 0) is 12.7 Å². The predicted octanol–water partition coefficient (Wildman–Crippen LogP) is 5.66. The summed E-state index contributed by atoms with van der Waals surface area (Å²) in [4.78, 5) is 2.26. The highest BCUT2D eigenvalue weighted by Gasteiger charge is 2.30. The van der Waals surface area contributed by atoms with Crippen LogP contribution in [0.2, 0.25) is 0 Å². The van der Waals surface area contributed by atoms with Gasteiger partial charge in [0.15, 0.2) is 0 Å². The van der Waals surface area contributed by atoms with Crippen molar-refractivity contribution in [2.24, 2.45) is 5.92 Å². The minimum absolute atomic E-state index is 0.541. The molecule has 0 heterocycles. The summed E-state index contributed by atoms with van der Waals surface area (Å²) in [5, 5.41) is 0. The third-order valence-corrected chi connectivity index (χ3v) is 4.05. The van der Waals surface area contributed by atoms with Crippen LogP contribution in [0.5, 0.6) is 0 Å². The minimum atomic E-state index is -4.27. The van der Waals surface area contributed by atoms with Crippen molar-refractivity contribution in [3.63, 3.8) is 0 Å². The van der Waals surface area contributed by atoms with Crippen molar-refractivity contribution < 1.29 is 13.2 Å². The Morgan fingerprint density at radius 1 is 1.09 bits per heavy atom. The Balaban J connectivity index is 2.82. The van der Waals surface area contributed by atoms with Gasteiger partial charge in [-0.05, 0) is 56.5 Å². The Morgan fingerprint density at radius 3 is 2.32 bits per heavy atom. The summed E-state index contributed by atoms with van der Waals surface area (Å²) < 4.78 is 38.8. The fraction of sp³-hybridized carbons (Fsp3) is 0.667. The second-order valence-corrected chi connectivity index (χ2v) is 6.28. The molecule has 1 aromatic rings. The standard InChI is InChI=1S/C18H28F3N/c1-5-8-22(9-7-14(3)6-2)13-16-10-15(4)11-17(12-16)18(19,20)21/h10-12,14H,5-9,13H2,1-4H3. The van der Waals surface area contributed by atoms with Gasteiger partial charge in [0.25, 0.3) is 0 Å². The molecular formula is C18H28F3N. The van der Waals surface area contributed by atoms with Crippen LogP contribution in [0.1, 0.15) is 56.7 Å². The molecule has 1 atom stereocenters. The van der Waals surface area contributed by atoms with E-state index in [-0.39, 0.29) is 0 Å². The highest BCUT2D eigenvalue weighted by Crippen LogP contribution is 2.31. The van der Waals surface area contributed by atoms with Crippen LogP contribution in [-0.4, -0.2) is 18.0 Å². The molecule has 0 aliphatic heterocycles. The molecule has 22 heavy (non-hydrogen) atoms. The molecule has 0 saturated carbocycles. The van der Waals surface area contributed by atoms with E-state index in [1.807, 2.05) is 6.07 Å². The first-order valence-electron chi connectivity index (χ1n) is 8.16. The van der Waals surface area contributed by atoms with E-state index in [0.29, 0.717) is 18.0 Å². The number of nitrogens with zero attached hydrogens (tertiary/aromatic N) is 1. The molecule has 4 heteroatoms. The molecule has 1 aromatic carbocycles. The van der Waals surface area contributed by atoms with Crippen molar-refractivity contribution in [1.29, 1.82) is 0 Å². The molecule has 1 rings (SSSR count). The number of hydrogen-bond acceptors (Lipinski definition) is 1. The van der Waals surface area contributed by atoms with Crippen molar-refractivity contribution in [2.75, 3.05) is 13.1 Å². The SMILES string of the molecule is CCCN(CCC(C)CC)Cc1cc(C)cc(C(F)(F)F)c1. The van der Waals surface area contributed by atoms with Crippen LogP contribution < -0.4 is 0 Å². The number of benzene rings is 1. The molecule has 0 aliphatic carbocycles. The number of aryl methyl sites for hydroxylation is 1. The maximum atomic E-state index is 12.9. The quantitative estimate of drug-likeness (QED) is 0.598. The third kappa shape index (κ3) is 6.39. The molecule has 1 nitrogen and oxygen atoms in total. The van der Waals surface area contributed by atoms with Gasteiger partial charge >= 0.3 is 6.18 Å². The molecule has 126 valence electrons. The summed E-state index contributed by atoms with van der Waals surface area (Å²) in [6.07, 6.45) is -1.03. The molecule has 0 bridgehead atoms. The maximum absolute atomic E-state index is 12.9. The lowest BCUT2D eigenvalue weighted by molar-refractivity contribution is -0.137. The second kappa shape index (κ2) is 8.56. The Bertz CT molecular complexity index is 454. The normalized spacial score (nSPS) is 13.6. The van der Waals surface area contributed by atoms with E-state index in [1.165, 1.54) is 12.1 Å². The Hall–Kier alpha value is -1.03. The number of hydrogen-bond donors (Lipinski definition) is 0. The number of alkyl halides is 3. The zero-order chi connectivity index (χ0) is 16.8. The summed E-state index contributed by atoms with van der Waals surface area (Å²) in [5.41, 5.74) is 0.883. The molecule has 1 unspecified atom stereocenters. The molecule has 0 N–H and O–H groups in total. The van der Waals surface area contributed by atoms with E-state index in [9.17, 15) is 13.2 Å². The second-order valence-electron chi connectivity index (χ2n) is 6.28. The number of halogens is 3. The van der Waals surface area contributed by atoms with Crippen molar-refractivity contribution in [3.05, 3.63) is 34.9 Å². The Morgan fingerprint density at radius 2 is 1.77 bits per heavy atom. The van der Waals surface area contributed by atoms with Gasteiger partial charge in [0.1, 0.15) is 0 Å². The zero-order valence-electron chi connectivity index (χ0n) is 14.1. The first-order valence-corrected chi connectivity index (χ1v) is 8.16. The van der Waals surface area contributed by atoms with Crippen molar-refractivity contribution in [3.8, 4) is 0 Å². The van der Waals surface area contributed by atoms with E-state index in [2.05, 4.69) is 25.7 Å². The molecule has 0 fully saturated rings. The summed E-state index contributed by atoms with van der Waals surface area (Å²) in [6, 6.07) is 4.37. The van der Waals surface area contributed by atoms with Gasteiger partial charge in [-0.1, -0.05) is 38.8 Å². The Labute approximate surface area is 132 Å². The summed E-state index contributed by atoms with van der Waals surface area (Å²) in [5.74, 6) is 0.655. The van der Waals surface area contributed by atoms with E-state index in [1.54, 1.807) is 6.92 Å². The predicted molar refractivity (Wildman–Crippen MR) is 85.8 cm³/mol. The van der Waals surface area contributed by atoms with E-state index < -0.39 is 11.7 Å². The van der Waals surface area contributed by atoms with Gasteiger partial charge in [-0.2, -0.15) is 13.2 Å². The van der Waals surface area contributed by atoms with E-state index in [4.69, 9.17) is 0 Å². The molecular weight excluding hydrogens is 287 g/mol. The topological polar surface area (TPSA) is 3.24 Å². The van der Waals surface area contributed by atoms with Gasteiger partial charge in [-0.25, -0.2) is 0 Å². The lowest BCUT2D eigenvalue weighted by atomic mass is 10.0. The summed E-state index contributed by atoms with van der Waals surface area (Å²) >= 11 is 0. The van der Waals surface area contributed by atoms with Crippen LogP contribution in [0.25, 0.3) is 0 Å². The van der Waals surface area contributed by atoms with Gasteiger partial charge < -0.3 is 0 Å². The molecule has 0 aliphatic rings. The van der Waals surface area contributed by atoms with E-state index >= 15 is 0 Å². The van der Waals surface area contributed by atoms with E-state index in [0.717, 1.165) is 37.9 Å². The summed E-state index contributed by atoms with van der Waals surface area (Å²) in [7, 11) is 0. The van der Waals surface area contributed by atoms with Gasteiger partial charge in [0.2, 0.25) is 0 Å². The van der Waals surface area contributed by atoms with Crippen LogP contribution in [0.3, 0.4) is 0 Å². The van der Waals surface area contributed by atoms with Crippen LogP contribution in [0.15, 0.2) is 18.2 Å². The van der Waals surface area contributed by atoms with Crippen molar-refractivity contribution >= 4 is 0 Å². The average molecular weight is 315 g/mol. The molecule has 0 spiro atoms. The molecule has 0 saturated heterocycles. The zero-order valence-corrected chi connectivity index (χ0v) is 14.1. The smallest absolute Gasteiger partial charge is 0.299 e. The Kier molecular flexibility index (Phi) is 7.40. The van der Waals surface area contributed by atoms with Crippen molar-refractivity contribution in [1.82, 2.24) is 4.90 Å². The highest BCUT2D eigenvalue weighted by atomic mass is 19.4. The maximum Gasteiger partial charge on any atom is 0.416 e. The molecule has 0 aromatic heterocycles. The van der Waals surface area contributed by atoms with Gasteiger partial charge in [-0.15, -0.1) is 0 Å². The van der Waals surface area contributed by atoms with Crippen LogP contribution in [0, 0.1) is 12.8 Å². The minimum Gasteiger partial charge on any atom is -0.299 e. The van der Waals surface area contributed by atoms with Gasteiger partial charge in [-0.3, -0.25) is 4.90 Å². The third-order valence-electron chi connectivity index (χ3n) is 4.05. The van der Waals surface area contributed by atoms with Gasteiger partial charge in [0, 0.05) is 6.54 Å². The number of rotatable bonds is 8. The molecule has 0 amide bonds. The highest BCUT2D eigenvalue weighted by molar-refractivity contribution is 5.31. The monoisotopic (exact) mass is 315 g/mol. The van der Waals surface area contributed by atoms with Gasteiger partial charge in [0.05, 0.1) is 5.56 Å². The lowest BCUT2D eigenvalue weighted by Gasteiger charge is -2.24. The van der Waals surface area contributed by atoms with Crippen molar-refractivity contribution in [2.45, 2.75) is 59.7 Å². The van der Waals surface area contributed by atoms with Crippen LogP contribution >= 0.6 is 0 Å². The first-order chi connectivity index (χ1) is 10.3. The fourth-order valence-electron chi connectivity index (χ4n) is 2.57. The van der Waals surface area contributed by atoms with Crippen LogP contribution in [0.4, 0.5) is 13.2 Å². The first kappa shape index (κ1) is 19.0. The largest absolute Gasteiger partial charge is 0.416 e. The summed E-state index contributed by atoms with van der Waals surface area (Å²) in [6.45, 7) is 10.7.